The van der Waals surface area contributed by atoms with Crippen molar-refractivity contribution in [3.05, 3.63) is 30.0 Å². The second-order valence-corrected chi connectivity index (χ2v) is 3.23. The van der Waals surface area contributed by atoms with E-state index in [-0.39, 0.29) is 6.54 Å². The van der Waals surface area contributed by atoms with Gasteiger partial charge in [0.15, 0.2) is 6.17 Å². The van der Waals surface area contributed by atoms with Crippen LogP contribution in [0, 0.1) is 0 Å². The number of benzene rings is 1. The predicted octanol–water partition coefficient (Wildman–Crippen LogP) is 1.54. The molecule has 74 valence electrons. The standard InChI is InChI=1S/C10H12FN3/c1-14-9-5-3-2-4-7(9)10(13-14)8(11)6-12/h2-5,8H,6,12H2,1H3. The van der Waals surface area contributed by atoms with E-state index in [1.54, 1.807) is 11.7 Å². The van der Waals surface area contributed by atoms with E-state index in [1.165, 1.54) is 0 Å². The molecule has 2 N–H and O–H groups in total. The number of fused-ring (bicyclic) bond motifs is 1. The maximum absolute atomic E-state index is 13.4. The average Bonchev–Trinajstić information content (AvgIpc) is 2.56. The monoisotopic (exact) mass is 193 g/mol. The van der Waals surface area contributed by atoms with Crippen LogP contribution in [0.25, 0.3) is 10.9 Å². The molecule has 3 nitrogen and oxygen atoms in total. The summed E-state index contributed by atoms with van der Waals surface area (Å²) in [5.74, 6) is 0. The van der Waals surface area contributed by atoms with Gasteiger partial charge in [-0.3, -0.25) is 4.68 Å². The van der Waals surface area contributed by atoms with E-state index in [0.29, 0.717) is 5.69 Å². The molecule has 0 fully saturated rings. The molecule has 1 atom stereocenters. The van der Waals surface area contributed by atoms with Gasteiger partial charge in [-0.15, -0.1) is 0 Å². The fourth-order valence-corrected chi connectivity index (χ4v) is 1.58. The summed E-state index contributed by atoms with van der Waals surface area (Å²) >= 11 is 0. The van der Waals surface area contributed by atoms with E-state index in [0.717, 1.165) is 10.9 Å². The minimum atomic E-state index is -1.18. The second kappa shape index (κ2) is 3.38. The lowest BCUT2D eigenvalue weighted by atomic mass is 10.1. The number of para-hydroxylation sites is 1. The fraction of sp³-hybridized carbons (Fsp3) is 0.300. The predicted molar refractivity (Wildman–Crippen MR) is 53.6 cm³/mol. The zero-order valence-corrected chi connectivity index (χ0v) is 7.94. The number of hydrogen-bond acceptors (Lipinski definition) is 2. The van der Waals surface area contributed by atoms with Gasteiger partial charge in [0.2, 0.25) is 0 Å². The topological polar surface area (TPSA) is 43.8 Å². The average molecular weight is 193 g/mol. The highest BCUT2D eigenvalue weighted by Gasteiger charge is 2.15. The highest BCUT2D eigenvalue weighted by atomic mass is 19.1. The van der Waals surface area contributed by atoms with E-state index < -0.39 is 6.17 Å². The third-order valence-corrected chi connectivity index (χ3v) is 2.29. The maximum Gasteiger partial charge on any atom is 0.156 e. The number of halogens is 1. The Labute approximate surface area is 81.3 Å². The van der Waals surface area contributed by atoms with Gasteiger partial charge in [-0.2, -0.15) is 5.10 Å². The van der Waals surface area contributed by atoms with Crippen molar-refractivity contribution in [2.45, 2.75) is 6.17 Å². The molecule has 0 spiro atoms. The van der Waals surface area contributed by atoms with Crippen LogP contribution in [-0.2, 0) is 7.05 Å². The minimum absolute atomic E-state index is 0.0268. The Balaban J connectivity index is 2.66. The molecule has 0 aliphatic heterocycles. The first-order valence-electron chi connectivity index (χ1n) is 4.50. The minimum Gasteiger partial charge on any atom is -0.327 e. The summed E-state index contributed by atoms with van der Waals surface area (Å²) in [6.45, 7) is -0.0268. The van der Waals surface area contributed by atoms with Crippen molar-refractivity contribution in [3.63, 3.8) is 0 Å². The van der Waals surface area contributed by atoms with Crippen LogP contribution in [0.4, 0.5) is 4.39 Å². The molecule has 0 saturated carbocycles. The van der Waals surface area contributed by atoms with E-state index >= 15 is 0 Å². The lowest BCUT2D eigenvalue weighted by molar-refractivity contribution is 0.344. The van der Waals surface area contributed by atoms with Crippen molar-refractivity contribution in [3.8, 4) is 0 Å². The van der Waals surface area contributed by atoms with Crippen LogP contribution in [0.3, 0.4) is 0 Å². The molecule has 0 aliphatic carbocycles. The van der Waals surface area contributed by atoms with E-state index in [4.69, 9.17) is 5.73 Å². The number of nitrogens with zero attached hydrogens (tertiary/aromatic N) is 2. The van der Waals surface area contributed by atoms with Gasteiger partial charge in [0.05, 0.1) is 5.52 Å². The first kappa shape index (κ1) is 9.15. The Morgan fingerprint density at radius 1 is 1.50 bits per heavy atom. The van der Waals surface area contributed by atoms with Crippen LogP contribution < -0.4 is 5.73 Å². The number of alkyl halides is 1. The molecule has 2 aromatic rings. The molecule has 0 bridgehead atoms. The van der Waals surface area contributed by atoms with Crippen LogP contribution in [0.2, 0.25) is 0 Å². The smallest absolute Gasteiger partial charge is 0.156 e. The summed E-state index contributed by atoms with van der Waals surface area (Å²) < 4.78 is 15.1. The zero-order valence-electron chi connectivity index (χ0n) is 7.94. The summed E-state index contributed by atoms with van der Waals surface area (Å²) in [4.78, 5) is 0. The third kappa shape index (κ3) is 1.28. The SMILES string of the molecule is Cn1nc(C(F)CN)c2ccccc21. The van der Waals surface area contributed by atoms with Crippen LogP contribution in [-0.4, -0.2) is 16.3 Å². The summed E-state index contributed by atoms with van der Waals surface area (Å²) in [6.07, 6.45) is -1.18. The van der Waals surface area contributed by atoms with Crippen molar-refractivity contribution in [2.24, 2.45) is 12.8 Å². The molecule has 0 amide bonds. The number of aryl methyl sites for hydroxylation is 1. The number of aromatic nitrogens is 2. The molecule has 14 heavy (non-hydrogen) atoms. The molecule has 1 heterocycles. The van der Waals surface area contributed by atoms with E-state index in [9.17, 15) is 4.39 Å². The number of rotatable bonds is 2. The molecule has 0 saturated heterocycles. The van der Waals surface area contributed by atoms with Crippen molar-refractivity contribution < 1.29 is 4.39 Å². The van der Waals surface area contributed by atoms with Crippen LogP contribution in [0.5, 0.6) is 0 Å². The molecule has 0 radical (unpaired) electrons. The highest BCUT2D eigenvalue weighted by Crippen LogP contribution is 2.24. The lowest BCUT2D eigenvalue weighted by Crippen LogP contribution is -2.08. The molecule has 1 unspecified atom stereocenters. The first-order chi connectivity index (χ1) is 6.74. The Bertz CT molecular complexity index is 450. The molecule has 0 aliphatic rings. The van der Waals surface area contributed by atoms with E-state index in [1.807, 2.05) is 24.3 Å². The van der Waals surface area contributed by atoms with Gasteiger partial charge in [0.25, 0.3) is 0 Å². The first-order valence-corrected chi connectivity index (χ1v) is 4.50. The van der Waals surface area contributed by atoms with Crippen molar-refractivity contribution >= 4 is 10.9 Å². The number of nitrogens with two attached hydrogens (primary N) is 1. The van der Waals surface area contributed by atoms with Crippen molar-refractivity contribution in [1.29, 1.82) is 0 Å². The summed E-state index contributed by atoms with van der Waals surface area (Å²) in [6, 6.07) is 7.55. The summed E-state index contributed by atoms with van der Waals surface area (Å²) in [5.41, 5.74) is 6.65. The van der Waals surface area contributed by atoms with Gasteiger partial charge in [-0.1, -0.05) is 18.2 Å². The summed E-state index contributed by atoms with van der Waals surface area (Å²) in [7, 11) is 1.80. The lowest BCUT2D eigenvalue weighted by Gasteiger charge is -2.00. The van der Waals surface area contributed by atoms with Gasteiger partial charge >= 0.3 is 0 Å². The molecular formula is C10H12FN3. The normalized spacial score (nSPS) is 13.4. The Morgan fingerprint density at radius 3 is 2.93 bits per heavy atom. The van der Waals surface area contributed by atoms with E-state index in [2.05, 4.69) is 5.10 Å². The van der Waals surface area contributed by atoms with Gasteiger partial charge in [0, 0.05) is 19.0 Å². The molecule has 1 aromatic carbocycles. The molecule has 1 aromatic heterocycles. The quantitative estimate of drug-likeness (QED) is 0.786. The Hall–Kier alpha value is -1.42. The van der Waals surface area contributed by atoms with Gasteiger partial charge in [-0.05, 0) is 6.07 Å². The largest absolute Gasteiger partial charge is 0.327 e. The van der Waals surface area contributed by atoms with Crippen molar-refractivity contribution in [2.75, 3.05) is 6.54 Å². The molecule has 2 rings (SSSR count). The zero-order chi connectivity index (χ0) is 10.1. The van der Waals surface area contributed by atoms with Gasteiger partial charge in [0.1, 0.15) is 5.69 Å². The van der Waals surface area contributed by atoms with Crippen LogP contribution in [0.1, 0.15) is 11.9 Å². The van der Waals surface area contributed by atoms with Gasteiger partial charge < -0.3 is 5.73 Å². The maximum atomic E-state index is 13.4. The van der Waals surface area contributed by atoms with Crippen molar-refractivity contribution in [1.82, 2.24) is 9.78 Å². The van der Waals surface area contributed by atoms with Crippen LogP contribution in [0.15, 0.2) is 24.3 Å². The Morgan fingerprint density at radius 2 is 2.21 bits per heavy atom. The molecular weight excluding hydrogens is 181 g/mol. The number of hydrogen-bond donors (Lipinski definition) is 1. The highest BCUT2D eigenvalue weighted by molar-refractivity contribution is 5.82. The third-order valence-electron chi connectivity index (χ3n) is 2.29. The second-order valence-electron chi connectivity index (χ2n) is 3.23. The van der Waals surface area contributed by atoms with Crippen LogP contribution >= 0.6 is 0 Å². The summed E-state index contributed by atoms with van der Waals surface area (Å²) in [5, 5.41) is 4.96. The van der Waals surface area contributed by atoms with Gasteiger partial charge in [-0.25, -0.2) is 4.39 Å². The molecule has 4 heteroatoms. The fourth-order valence-electron chi connectivity index (χ4n) is 1.58. The Kier molecular flexibility index (Phi) is 2.21.